The number of hydrogen-bond donors (Lipinski definition) is 1. The number of allylic oxidation sites excluding steroid dienone is 1. The van der Waals surface area contributed by atoms with Crippen molar-refractivity contribution in [3.05, 3.63) is 40.6 Å². The predicted octanol–water partition coefficient (Wildman–Crippen LogP) is 2.99. The van der Waals surface area contributed by atoms with Crippen molar-refractivity contribution < 1.29 is 0 Å². The van der Waals surface area contributed by atoms with Crippen LogP contribution in [0, 0.1) is 29.6 Å². The first-order valence-corrected chi connectivity index (χ1v) is 4.59. The van der Waals surface area contributed by atoms with E-state index in [1.165, 1.54) is 6.20 Å². The standard InChI is InChI=1S/C11H8ClN3/c1-8-3-2-4-10(11(8)12)15-7-9(5-13)6-14/h2-4,7,15H,1H3. The molecule has 0 unspecified atom stereocenters. The highest BCUT2D eigenvalue weighted by Crippen LogP contribution is 2.25. The van der Waals surface area contributed by atoms with E-state index in [4.69, 9.17) is 22.1 Å². The molecule has 0 aliphatic carbocycles. The van der Waals surface area contributed by atoms with Crippen molar-refractivity contribution in [2.24, 2.45) is 0 Å². The van der Waals surface area contributed by atoms with E-state index < -0.39 is 0 Å². The van der Waals surface area contributed by atoms with Gasteiger partial charge in [-0.05, 0) is 18.6 Å². The maximum atomic E-state index is 8.51. The molecule has 74 valence electrons. The number of nitrogens with one attached hydrogen (secondary N) is 1. The molecule has 0 aromatic heterocycles. The number of aryl methyl sites for hydroxylation is 1. The largest absolute Gasteiger partial charge is 0.359 e. The summed E-state index contributed by atoms with van der Waals surface area (Å²) in [6.45, 7) is 1.88. The van der Waals surface area contributed by atoms with E-state index in [1.807, 2.05) is 19.1 Å². The number of hydrogen-bond acceptors (Lipinski definition) is 3. The number of halogens is 1. The molecule has 0 atom stereocenters. The summed E-state index contributed by atoms with van der Waals surface area (Å²) in [4.78, 5) is 0. The molecular weight excluding hydrogens is 210 g/mol. The lowest BCUT2D eigenvalue weighted by Gasteiger charge is -2.05. The molecule has 0 amide bonds. The van der Waals surface area contributed by atoms with Crippen LogP contribution in [-0.4, -0.2) is 0 Å². The molecule has 0 aliphatic heterocycles. The van der Waals surface area contributed by atoms with Crippen LogP contribution in [0.25, 0.3) is 0 Å². The lowest BCUT2D eigenvalue weighted by molar-refractivity contribution is 1.42. The molecule has 0 spiro atoms. The Labute approximate surface area is 93.2 Å². The maximum absolute atomic E-state index is 8.51. The van der Waals surface area contributed by atoms with E-state index in [2.05, 4.69) is 5.32 Å². The molecule has 1 aromatic carbocycles. The van der Waals surface area contributed by atoms with Gasteiger partial charge in [0.1, 0.15) is 17.7 Å². The Morgan fingerprint density at radius 2 is 2.07 bits per heavy atom. The van der Waals surface area contributed by atoms with Crippen LogP contribution in [0.15, 0.2) is 30.0 Å². The lowest BCUT2D eigenvalue weighted by atomic mass is 10.2. The highest BCUT2D eigenvalue weighted by Gasteiger charge is 2.00. The summed E-state index contributed by atoms with van der Waals surface area (Å²) < 4.78 is 0. The molecule has 0 bridgehead atoms. The van der Waals surface area contributed by atoms with E-state index >= 15 is 0 Å². The number of nitrogens with zero attached hydrogens (tertiary/aromatic N) is 2. The number of rotatable bonds is 2. The van der Waals surface area contributed by atoms with Gasteiger partial charge in [0, 0.05) is 6.20 Å². The zero-order chi connectivity index (χ0) is 11.3. The normalized spacial score (nSPS) is 8.53. The number of nitriles is 2. The van der Waals surface area contributed by atoms with Gasteiger partial charge >= 0.3 is 0 Å². The number of anilines is 1. The first-order valence-electron chi connectivity index (χ1n) is 4.21. The fraction of sp³-hybridized carbons (Fsp3) is 0.0909. The van der Waals surface area contributed by atoms with Gasteiger partial charge in [-0.2, -0.15) is 10.5 Å². The van der Waals surface area contributed by atoms with Gasteiger partial charge in [0.2, 0.25) is 0 Å². The van der Waals surface area contributed by atoms with Gasteiger partial charge in [0.05, 0.1) is 10.7 Å². The third-order valence-electron chi connectivity index (χ3n) is 1.80. The van der Waals surface area contributed by atoms with E-state index in [0.29, 0.717) is 10.7 Å². The second-order valence-electron chi connectivity index (χ2n) is 2.86. The van der Waals surface area contributed by atoms with E-state index in [0.717, 1.165) is 5.56 Å². The molecule has 4 heteroatoms. The smallest absolute Gasteiger partial charge is 0.145 e. The Bertz CT molecular complexity index is 462. The fourth-order valence-corrected chi connectivity index (χ4v) is 1.18. The van der Waals surface area contributed by atoms with Crippen LogP contribution in [0.2, 0.25) is 5.02 Å². The minimum Gasteiger partial charge on any atom is -0.359 e. The Morgan fingerprint density at radius 3 is 2.67 bits per heavy atom. The molecule has 1 rings (SSSR count). The van der Waals surface area contributed by atoms with Gasteiger partial charge < -0.3 is 5.32 Å². The summed E-state index contributed by atoms with van der Waals surface area (Å²) in [5.74, 6) is 0. The highest BCUT2D eigenvalue weighted by atomic mass is 35.5. The van der Waals surface area contributed by atoms with Crippen molar-refractivity contribution in [1.29, 1.82) is 10.5 Å². The quantitative estimate of drug-likeness (QED) is 0.775. The molecule has 3 nitrogen and oxygen atoms in total. The minimum absolute atomic E-state index is 0.00701. The zero-order valence-corrected chi connectivity index (χ0v) is 8.84. The van der Waals surface area contributed by atoms with Crippen molar-refractivity contribution >= 4 is 17.3 Å². The molecule has 0 heterocycles. The van der Waals surface area contributed by atoms with Crippen LogP contribution < -0.4 is 5.32 Å². The van der Waals surface area contributed by atoms with Crippen molar-refractivity contribution in [3.8, 4) is 12.1 Å². The van der Waals surface area contributed by atoms with Gasteiger partial charge in [-0.15, -0.1) is 0 Å². The van der Waals surface area contributed by atoms with Crippen LogP contribution in [0.5, 0.6) is 0 Å². The van der Waals surface area contributed by atoms with E-state index in [9.17, 15) is 0 Å². The van der Waals surface area contributed by atoms with Crippen molar-refractivity contribution in [3.63, 3.8) is 0 Å². The monoisotopic (exact) mass is 217 g/mol. The topological polar surface area (TPSA) is 59.6 Å². The van der Waals surface area contributed by atoms with Gasteiger partial charge in [0.15, 0.2) is 0 Å². The maximum Gasteiger partial charge on any atom is 0.145 e. The molecular formula is C11H8ClN3. The minimum atomic E-state index is 0.00701. The summed E-state index contributed by atoms with van der Waals surface area (Å²) in [5, 5.41) is 20.4. The summed E-state index contributed by atoms with van der Waals surface area (Å²) in [7, 11) is 0. The Kier molecular flexibility index (Phi) is 3.74. The van der Waals surface area contributed by atoms with Crippen LogP contribution in [0.1, 0.15) is 5.56 Å². The molecule has 0 aliphatic rings. The molecule has 0 radical (unpaired) electrons. The van der Waals surface area contributed by atoms with E-state index in [1.54, 1.807) is 18.2 Å². The zero-order valence-electron chi connectivity index (χ0n) is 8.08. The Morgan fingerprint density at radius 1 is 1.40 bits per heavy atom. The first kappa shape index (κ1) is 11.1. The summed E-state index contributed by atoms with van der Waals surface area (Å²) in [6.07, 6.45) is 1.33. The van der Waals surface area contributed by atoms with Crippen LogP contribution in [-0.2, 0) is 0 Å². The van der Waals surface area contributed by atoms with Gasteiger partial charge in [-0.25, -0.2) is 0 Å². The summed E-state index contributed by atoms with van der Waals surface area (Å²) >= 11 is 6.01. The van der Waals surface area contributed by atoms with Gasteiger partial charge in [-0.1, -0.05) is 23.7 Å². The van der Waals surface area contributed by atoms with Gasteiger partial charge in [0.25, 0.3) is 0 Å². The first-order chi connectivity index (χ1) is 7.19. The van der Waals surface area contributed by atoms with Crippen LogP contribution in [0.3, 0.4) is 0 Å². The highest BCUT2D eigenvalue weighted by molar-refractivity contribution is 6.34. The third-order valence-corrected chi connectivity index (χ3v) is 2.31. The predicted molar refractivity (Wildman–Crippen MR) is 59.1 cm³/mol. The number of benzene rings is 1. The molecule has 1 aromatic rings. The summed E-state index contributed by atoms with van der Waals surface area (Å²) in [6, 6.07) is 9.00. The van der Waals surface area contributed by atoms with Crippen molar-refractivity contribution in [2.45, 2.75) is 6.92 Å². The Hall–Kier alpha value is -1.97. The van der Waals surface area contributed by atoms with Crippen LogP contribution >= 0.6 is 11.6 Å². The molecule has 0 saturated carbocycles. The van der Waals surface area contributed by atoms with Gasteiger partial charge in [-0.3, -0.25) is 0 Å². The lowest BCUT2D eigenvalue weighted by Crippen LogP contribution is -1.91. The average Bonchev–Trinajstić information content (AvgIpc) is 2.25. The molecule has 15 heavy (non-hydrogen) atoms. The molecule has 0 fully saturated rings. The second-order valence-corrected chi connectivity index (χ2v) is 3.24. The Balaban J connectivity index is 2.93. The van der Waals surface area contributed by atoms with Crippen LogP contribution in [0.4, 0.5) is 5.69 Å². The summed E-state index contributed by atoms with van der Waals surface area (Å²) in [5.41, 5.74) is 1.62. The molecule has 1 N–H and O–H groups in total. The van der Waals surface area contributed by atoms with Crippen molar-refractivity contribution in [1.82, 2.24) is 0 Å². The van der Waals surface area contributed by atoms with Crippen molar-refractivity contribution in [2.75, 3.05) is 5.32 Å². The SMILES string of the molecule is Cc1cccc(NC=C(C#N)C#N)c1Cl. The second kappa shape index (κ2) is 5.05. The average molecular weight is 218 g/mol. The third kappa shape index (κ3) is 2.74. The fourth-order valence-electron chi connectivity index (χ4n) is 0.998. The van der Waals surface area contributed by atoms with E-state index in [-0.39, 0.29) is 5.57 Å². The molecule has 0 saturated heterocycles.